The van der Waals surface area contributed by atoms with Gasteiger partial charge in [-0.2, -0.15) is 0 Å². The van der Waals surface area contributed by atoms with Crippen molar-refractivity contribution in [1.29, 1.82) is 0 Å². The molecule has 0 bridgehead atoms. The molecule has 0 aromatic carbocycles. The van der Waals surface area contributed by atoms with Gasteiger partial charge >= 0.3 is 48.1 Å². The number of carboxylic acid groups (broad SMARTS) is 2. The first-order valence-electron chi connectivity index (χ1n) is 21.3. The van der Waals surface area contributed by atoms with Crippen LogP contribution in [0.5, 0.6) is 0 Å². The van der Waals surface area contributed by atoms with Gasteiger partial charge in [-0.1, -0.05) is 27.7 Å². The van der Waals surface area contributed by atoms with E-state index >= 15 is 0 Å². The quantitative estimate of drug-likeness (QED) is 0.0615. The van der Waals surface area contributed by atoms with Gasteiger partial charge in [-0.15, -0.1) is 24.2 Å². The number of carbonyl (C=O) groups excluding carboxylic acids is 6. The highest BCUT2D eigenvalue weighted by molar-refractivity contribution is 5.85. The summed E-state index contributed by atoms with van der Waals surface area (Å²) in [5.41, 5.74) is 6.94. The van der Waals surface area contributed by atoms with E-state index in [0.29, 0.717) is 6.42 Å². The van der Waals surface area contributed by atoms with Crippen molar-refractivity contribution < 1.29 is 82.1 Å². The third-order valence-electron chi connectivity index (χ3n) is 7.91. The molecule has 0 saturated heterocycles. The van der Waals surface area contributed by atoms with Gasteiger partial charge in [0.1, 0.15) is 22.2 Å². The summed E-state index contributed by atoms with van der Waals surface area (Å²) in [6, 6.07) is 0. The number of amides is 3. The summed E-state index contributed by atoms with van der Waals surface area (Å²) in [7, 11) is 3.92. The van der Waals surface area contributed by atoms with E-state index in [1.807, 2.05) is 20.8 Å². The number of methoxy groups -OCH3 is 3. The lowest BCUT2D eigenvalue weighted by molar-refractivity contribution is -0.153. The molecule has 0 aliphatic heterocycles. The second kappa shape index (κ2) is 39.8. The van der Waals surface area contributed by atoms with Crippen LogP contribution in [0.2, 0.25) is 0 Å². The van der Waals surface area contributed by atoms with E-state index in [0.717, 1.165) is 0 Å². The Morgan fingerprint density at radius 1 is 0.559 bits per heavy atom. The van der Waals surface area contributed by atoms with Gasteiger partial charge in [-0.3, -0.25) is 24.0 Å². The second-order valence-electron chi connectivity index (χ2n) is 18.1. The lowest BCUT2D eigenvalue weighted by atomic mass is 9.88. The van der Waals surface area contributed by atoms with Crippen molar-refractivity contribution in [2.24, 2.45) is 40.1 Å². The van der Waals surface area contributed by atoms with Crippen LogP contribution in [-0.2, 0) is 52.4 Å². The van der Waals surface area contributed by atoms with Crippen molar-refractivity contribution in [1.82, 2.24) is 16.0 Å². The molecule has 0 saturated carbocycles. The van der Waals surface area contributed by atoms with Crippen LogP contribution >= 0.6 is 12.4 Å². The van der Waals surface area contributed by atoms with Crippen molar-refractivity contribution in [3.63, 3.8) is 0 Å². The summed E-state index contributed by atoms with van der Waals surface area (Å²) < 4.78 is 28.7. The topological polar surface area (TPSA) is 341 Å². The molecular weight excluding hydrogens is 918 g/mol. The summed E-state index contributed by atoms with van der Waals surface area (Å²) in [6.07, 6.45) is -1.07. The molecule has 0 heterocycles. The molecule has 402 valence electrons. The average Bonchev–Trinajstić information content (AvgIpc) is 3.23. The number of carbonyl (C=O) groups is 8. The minimum Gasteiger partial charge on any atom is -0.481 e. The first kappa shape index (κ1) is 77.1. The summed E-state index contributed by atoms with van der Waals surface area (Å²) in [5.74, 6) is 1.04. The molecule has 5 unspecified atom stereocenters. The highest BCUT2D eigenvalue weighted by atomic mass is 35.5. The van der Waals surface area contributed by atoms with Gasteiger partial charge in [0, 0.05) is 32.7 Å². The minimum absolute atomic E-state index is 0. The Labute approximate surface area is 411 Å². The van der Waals surface area contributed by atoms with Gasteiger partial charge in [0.15, 0.2) is 0 Å². The predicted molar refractivity (Wildman–Crippen MR) is 260 cm³/mol. The van der Waals surface area contributed by atoms with Crippen LogP contribution in [0, 0.1) is 40.4 Å². The Bertz CT molecular complexity index is 1520. The number of aliphatic carboxylic acids is 2. The highest BCUT2D eigenvalue weighted by Gasteiger charge is 2.34. The fourth-order valence-corrected chi connectivity index (χ4v) is 3.20. The molecule has 0 rings (SSSR count). The molecule has 0 radical (unpaired) electrons. The Kier molecular flexibility index (Phi) is 45.2. The standard InChI is InChI=1S/C12H23NO4.C10H19NO4.C9H17NO4.C6H13NO3.C4H9NO2.C4H6.ClH/c1-7-12(5,9(14)16-6)8-13-10(15)17-11(2,3)4;1-7(8(12)14-5)6-11-9(13)15-10(2,3)4;1-6(7(11)12)5-10-8(13)14-9(2,3)4;1-6(3-7,4-8)5(9)10-2;1-3(2-5)4(6)7;1-3-4-2;/h7-8H2,1-6H3,(H,13,15);7H,6H2,1-5H3,(H,11,13);6H,5H2,1-4H3,(H,10,13)(H,11,12);8H,3-4,7H2,1-2H3;3H,2,5H2,1H3,(H,6,7);1-2H3;1H. The number of esters is 3. The fourth-order valence-electron chi connectivity index (χ4n) is 3.20. The van der Waals surface area contributed by atoms with Crippen LogP contribution in [-0.4, -0.2) is 141 Å². The maximum absolute atomic E-state index is 11.5. The van der Waals surface area contributed by atoms with E-state index in [1.165, 1.54) is 28.3 Å². The van der Waals surface area contributed by atoms with Crippen molar-refractivity contribution in [3.05, 3.63) is 0 Å². The molecule has 68 heavy (non-hydrogen) atoms. The van der Waals surface area contributed by atoms with Crippen LogP contribution < -0.4 is 27.4 Å². The first-order valence-corrected chi connectivity index (χ1v) is 21.3. The number of hydrogen-bond donors (Lipinski definition) is 8. The molecule has 0 aromatic rings. The molecule has 23 heteroatoms. The molecule has 0 aromatic heterocycles. The van der Waals surface area contributed by atoms with Crippen LogP contribution in [0.15, 0.2) is 0 Å². The molecule has 10 N–H and O–H groups in total. The number of aliphatic hydroxyl groups excluding tert-OH is 1. The van der Waals surface area contributed by atoms with Gasteiger partial charge in [0.2, 0.25) is 0 Å². The largest absolute Gasteiger partial charge is 0.481 e. The molecule has 0 aliphatic rings. The molecule has 0 aliphatic carbocycles. The van der Waals surface area contributed by atoms with Gasteiger partial charge < -0.3 is 71.2 Å². The fraction of sp³-hybridized carbons (Fsp3) is 0.778. The van der Waals surface area contributed by atoms with Crippen LogP contribution in [0.1, 0.15) is 124 Å². The number of rotatable bonds is 15. The Balaban J connectivity index is -0.000000137. The summed E-state index contributed by atoms with van der Waals surface area (Å²) in [4.78, 5) is 87.3. The van der Waals surface area contributed by atoms with Gasteiger partial charge in [0.25, 0.3) is 0 Å². The zero-order valence-electron chi connectivity index (χ0n) is 44.3. The van der Waals surface area contributed by atoms with Crippen LogP contribution in [0.25, 0.3) is 0 Å². The van der Waals surface area contributed by atoms with E-state index in [2.05, 4.69) is 37.3 Å². The highest BCUT2D eigenvalue weighted by Crippen LogP contribution is 2.22. The molecule has 22 nitrogen and oxygen atoms in total. The monoisotopic (exact) mass is 1010 g/mol. The molecule has 0 spiro atoms. The lowest BCUT2D eigenvalue weighted by Crippen LogP contribution is -2.43. The molecular formula is C45H88ClN5O17. The Morgan fingerprint density at radius 3 is 1.09 bits per heavy atom. The van der Waals surface area contributed by atoms with Crippen molar-refractivity contribution in [2.75, 3.05) is 60.7 Å². The number of hydrogen-bond acceptors (Lipinski definition) is 17. The van der Waals surface area contributed by atoms with E-state index in [-0.39, 0.29) is 69.6 Å². The van der Waals surface area contributed by atoms with Crippen molar-refractivity contribution in [3.8, 4) is 11.8 Å². The number of halogens is 1. The number of aliphatic hydroxyl groups is 1. The van der Waals surface area contributed by atoms with Crippen LogP contribution in [0.3, 0.4) is 0 Å². The molecule has 0 fully saturated rings. The predicted octanol–water partition coefficient (Wildman–Crippen LogP) is 4.89. The maximum Gasteiger partial charge on any atom is 0.407 e. The first-order chi connectivity index (χ1) is 30.3. The van der Waals surface area contributed by atoms with Crippen molar-refractivity contribution in [2.45, 2.75) is 141 Å². The lowest BCUT2D eigenvalue weighted by Gasteiger charge is -2.26. The maximum atomic E-state index is 11.5. The smallest absolute Gasteiger partial charge is 0.407 e. The van der Waals surface area contributed by atoms with Crippen molar-refractivity contribution >= 4 is 60.5 Å². The minimum atomic E-state index is -0.943. The normalized spacial score (nSPS) is 13.2. The number of ether oxygens (including phenoxy) is 6. The zero-order chi connectivity index (χ0) is 54.6. The SMILES string of the molecule is CC#CC.CC(CN)C(=O)O.CC(CNC(=O)OC(C)(C)C)C(=O)O.CCC(C)(CNC(=O)OC(C)(C)C)C(=O)OC.COC(=O)C(C)(CN)CO.COC(=O)C(C)CNC(=O)OC(C)(C)C.Cl. The number of carboxylic acids is 2. The molecule has 3 amide bonds. The van der Waals surface area contributed by atoms with E-state index < -0.39 is 75.7 Å². The van der Waals surface area contributed by atoms with Crippen LogP contribution in [0.4, 0.5) is 14.4 Å². The summed E-state index contributed by atoms with van der Waals surface area (Å²) in [5, 5.41) is 32.8. The van der Waals surface area contributed by atoms with E-state index in [4.69, 9.17) is 45.7 Å². The Hall–Kier alpha value is -5.11. The number of nitrogens with two attached hydrogens (primary N) is 2. The van der Waals surface area contributed by atoms with E-state index in [1.54, 1.807) is 90.0 Å². The van der Waals surface area contributed by atoms with Gasteiger partial charge in [-0.05, 0) is 96.4 Å². The zero-order valence-corrected chi connectivity index (χ0v) is 45.1. The van der Waals surface area contributed by atoms with Gasteiger partial charge in [0.05, 0.1) is 51.1 Å². The average molecular weight is 1010 g/mol. The Morgan fingerprint density at radius 2 is 0.882 bits per heavy atom. The number of alkyl carbamates (subject to hydrolysis) is 3. The van der Waals surface area contributed by atoms with Gasteiger partial charge in [-0.25, -0.2) is 14.4 Å². The third kappa shape index (κ3) is 47.4. The van der Waals surface area contributed by atoms with E-state index in [9.17, 15) is 38.4 Å². The second-order valence-corrected chi connectivity index (χ2v) is 18.1. The summed E-state index contributed by atoms with van der Waals surface area (Å²) >= 11 is 0. The summed E-state index contributed by atoms with van der Waals surface area (Å²) in [6.45, 7) is 30.0. The number of nitrogens with one attached hydrogen (secondary N) is 3. The molecule has 5 atom stereocenters. The third-order valence-corrected chi connectivity index (χ3v) is 7.91.